The molecular formula is C10H10F2O2. The molecule has 2 nitrogen and oxygen atoms in total. The van der Waals surface area contributed by atoms with Crippen LogP contribution in [0.15, 0.2) is 18.2 Å². The lowest BCUT2D eigenvalue weighted by molar-refractivity contribution is -0.0405. The molecule has 0 saturated carbocycles. The molecule has 0 N–H and O–H groups in total. The van der Waals surface area contributed by atoms with E-state index in [1.54, 1.807) is 0 Å². The van der Waals surface area contributed by atoms with Gasteiger partial charge < -0.3 is 9.47 Å². The van der Waals surface area contributed by atoms with E-state index in [9.17, 15) is 8.78 Å². The maximum Gasteiger partial charge on any atom is 0.161 e. The molecule has 0 bridgehead atoms. The van der Waals surface area contributed by atoms with Gasteiger partial charge in [0.15, 0.2) is 6.29 Å². The Hall–Kier alpha value is -1.00. The third-order valence-corrected chi connectivity index (χ3v) is 2.09. The first-order valence-corrected chi connectivity index (χ1v) is 4.43. The van der Waals surface area contributed by atoms with Crippen molar-refractivity contribution in [3.05, 3.63) is 35.4 Å². The van der Waals surface area contributed by atoms with Gasteiger partial charge in [0.1, 0.15) is 11.6 Å². The lowest BCUT2D eigenvalue weighted by atomic mass is 10.1. The quantitative estimate of drug-likeness (QED) is 0.725. The molecular weight excluding hydrogens is 190 g/mol. The van der Waals surface area contributed by atoms with E-state index in [-0.39, 0.29) is 12.0 Å². The van der Waals surface area contributed by atoms with Gasteiger partial charge in [-0.2, -0.15) is 0 Å². The highest BCUT2D eigenvalue weighted by Gasteiger charge is 2.18. The van der Waals surface area contributed by atoms with Crippen molar-refractivity contribution in [2.24, 2.45) is 0 Å². The summed E-state index contributed by atoms with van der Waals surface area (Å²) in [5, 5.41) is 0. The van der Waals surface area contributed by atoms with Crippen LogP contribution < -0.4 is 0 Å². The Kier molecular flexibility index (Phi) is 2.74. The van der Waals surface area contributed by atoms with Crippen molar-refractivity contribution >= 4 is 0 Å². The molecule has 14 heavy (non-hydrogen) atoms. The first-order valence-electron chi connectivity index (χ1n) is 4.43. The third-order valence-electron chi connectivity index (χ3n) is 2.09. The summed E-state index contributed by atoms with van der Waals surface area (Å²) in [6.07, 6.45) is -0.185. The van der Waals surface area contributed by atoms with Gasteiger partial charge in [-0.05, 0) is 23.8 Å². The summed E-state index contributed by atoms with van der Waals surface area (Å²) in [7, 11) is 0. The average molecular weight is 200 g/mol. The molecule has 1 aromatic rings. The second-order valence-corrected chi connectivity index (χ2v) is 3.11. The molecule has 4 heteroatoms. The molecule has 0 unspecified atom stereocenters. The smallest absolute Gasteiger partial charge is 0.161 e. The summed E-state index contributed by atoms with van der Waals surface area (Å²) in [6, 6.07) is 3.37. The molecule has 0 amide bonds. The first kappa shape index (κ1) is 9.55. The summed E-state index contributed by atoms with van der Waals surface area (Å²) >= 11 is 0. The second-order valence-electron chi connectivity index (χ2n) is 3.11. The summed E-state index contributed by atoms with van der Waals surface area (Å²) in [5.74, 6) is -0.870. The fraction of sp³-hybridized carbons (Fsp3) is 0.400. The Balaban J connectivity index is 2.10. The zero-order valence-electron chi connectivity index (χ0n) is 7.50. The second kappa shape index (κ2) is 4.02. The summed E-state index contributed by atoms with van der Waals surface area (Å²) in [4.78, 5) is 0. The first-order chi connectivity index (χ1) is 6.75. The maximum absolute atomic E-state index is 13.1. The maximum atomic E-state index is 13.1. The Labute approximate surface area is 80.4 Å². The van der Waals surface area contributed by atoms with Crippen LogP contribution in [0.25, 0.3) is 0 Å². The normalized spacial score (nSPS) is 17.6. The predicted octanol–water partition coefficient (Wildman–Crippen LogP) is 1.88. The van der Waals surface area contributed by atoms with E-state index in [4.69, 9.17) is 9.47 Å². The van der Waals surface area contributed by atoms with Crippen molar-refractivity contribution in [2.75, 3.05) is 13.2 Å². The Morgan fingerprint density at radius 2 is 1.93 bits per heavy atom. The SMILES string of the molecule is Fc1ccc(F)c(CC2OCCO2)c1. The van der Waals surface area contributed by atoms with E-state index >= 15 is 0 Å². The van der Waals surface area contributed by atoms with Crippen molar-refractivity contribution in [1.29, 1.82) is 0 Å². The molecule has 0 radical (unpaired) electrons. The molecule has 0 aromatic heterocycles. The predicted molar refractivity (Wildman–Crippen MR) is 45.8 cm³/mol. The molecule has 1 heterocycles. The molecule has 1 saturated heterocycles. The summed E-state index contributed by atoms with van der Waals surface area (Å²) in [5.41, 5.74) is 0.289. The van der Waals surface area contributed by atoms with Crippen LogP contribution in [-0.4, -0.2) is 19.5 Å². The number of hydrogen-bond acceptors (Lipinski definition) is 2. The monoisotopic (exact) mass is 200 g/mol. The van der Waals surface area contributed by atoms with Crippen LogP contribution in [-0.2, 0) is 15.9 Å². The molecule has 1 aliphatic rings. The van der Waals surface area contributed by atoms with Gasteiger partial charge in [-0.3, -0.25) is 0 Å². The Morgan fingerprint density at radius 1 is 1.21 bits per heavy atom. The fourth-order valence-corrected chi connectivity index (χ4v) is 1.40. The van der Waals surface area contributed by atoms with Crippen molar-refractivity contribution in [2.45, 2.75) is 12.7 Å². The van der Waals surface area contributed by atoms with Gasteiger partial charge in [0.25, 0.3) is 0 Å². The molecule has 2 rings (SSSR count). The fourth-order valence-electron chi connectivity index (χ4n) is 1.40. The van der Waals surface area contributed by atoms with E-state index in [2.05, 4.69) is 0 Å². The zero-order chi connectivity index (χ0) is 9.97. The highest BCUT2D eigenvalue weighted by molar-refractivity contribution is 5.19. The molecule has 1 aromatic carbocycles. The van der Waals surface area contributed by atoms with Crippen LogP contribution >= 0.6 is 0 Å². The lowest BCUT2D eigenvalue weighted by Gasteiger charge is -2.09. The minimum atomic E-state index is -0.445. The third kappa shape index (κ3) is 2.08. The molecule has 1 fully saturated rings. The van der Waals surface area contributed by atoms with Gasteiger partial charge in [0.05, 0.1) is 13.2 Å². The van der Waals surface area contributed by atoms with Crippen molar-refractivity contribution in [3.63, 3.8) is 0 Å². The van der Waals surface area contributed by atoms with E-state index in [0.717, 1.165) is 12.1 Å². The van der Waals surface area contributed by atoms with E-state index in [1.807, 2.05) is 0 Å². The highest BCUT2D eigenvalue weighted by atomic mass is 19.1. The van der Waals surface area contributed by atoms with Gasteiger partial charge in [-0.1, -0.05) is 0 Å². The van der Waals surface area contributed by atoms with Gasteiger partial charge in [-0.15, -0.1) is 0 Å². The minimum absolute atomic E-state index is 0.254. The lowest BCUT2D eigenvalue weighted by Crippen LogP contribution is -2.12. The number of halogens is 2. The molecule has 1 aliphatic heterocycles. The number of benzene rings is 1. The van der Waals surface area contributed by atoms with E-state index < -0.39 is 17.9 Å². The summed E-state index contributed by atoms with van der Waals surface area (Å²) in [6.45, 7) is 1.03. The number of ether oxygens (including phenoxy) is 2. The topological polar surface area (TPSA) is 18.5 Å². The number of hydrogen-bond donors (Lipinski definition) is 0. The molecule has 0 spiro atoms. The van der Waals surface area contributed by atoms with Crippen LogP contribution in [0.4, 0.5) is 8.78 Å². The van der Waals surface area contributed by atoms with Gasteiger partial charge in [0, 0.05) is 6.42 Å². The Bertz CT molecular complexity index is 322. The van der Waals surface area contributed by atoms with Gasteiger partial charge >= 0.3 is 0 Å². The van der Waals surface area contributed by atoms with Gasteiger partial charge in [-0.25, -0.2) is 8.78 Å². The van der Waals surface area contributed by atoms with E-state index in [0.29, 0.717) is 13.2 Å². The van der Waals surface area contributed by atoms with Crippen LogP contribution in [0.1, 0.15) is 5.56 Å². The van der Waals surface area contributed by atoms with Crippen LogP contribution in [0.3, 0.4) is 0 Å². The minimum Gasteiger partial charge on any atom is -0.350 e. The summed E-state index contributed by atoms with van der Waals surface area (Å²) < 4.78 is 36.2. The Morgan fingerprint density at radius 3 is 2.64 bits per heavy atom. The standard InChI is InChI=1S/C10H10F2O2/c11-8-1-2-9(12)7(5-8)6-10-13-3-4-14-10/h1-2,5,10H,3-4,6H2. The highest BCUT2D eigenvalue weighted by Crippen LogP contribution is 2.15. The van der Waals surface area contributed by atoms with Crippen molar-refractivity contribution in [3.8, 4) is 0 Å². The van der Waals surface area contributed by atoms with Crippen LogP contribution in [0.5, 0.6) is 0 Å². The zero-order valence-corrected chi connectivity index (χ0v) is 7.50. The molecule has 0 atom stereocenters. The van der Waals surface area contributed by atoms with E-state index in [1.165, 1.54) is 6.07 Å². The van der Waals surface area contributed by atoms with Gasteiger partial charge in [0.2, 0.25) is 0 Å². The van der Waals surface area contributed by atoms with Crippen LogP contribution in [0.2, 0.25) is 0 Å². The van der Waals surface area contributed by atoms with Crippen molar-refractivity contribution in [1.82, 2.24) is 0 Å². The number of rotatable bonds is 2. The van der Waals surface area contributed by atoms with Crippen LogP contribution in [0, 0.1) is 11.6 Å². The largest absolute Gasteiger partial charge is 0.350 e. The molecule has 76 valence electrons. The molecule has 0 aliphatic carbocycles. The van der Waals surface area contributed by atoms with Crippen molar-refractivity contribution < 1.29 is 18.3 Å². The average Bonchev–Trinajstić information content (AvgIpc) is 2.64.